The van der Waals surface area contributed by atoms with E-state index in [1.54, 1.807) is 6.07 Å². The lowest BCUT2D eigenvalue weighted by molar-refractivity contribution is 0.649. The van der Waals surface area contributed by atoms with Crippen LogP contribution in [-0.2, 0) is 6.54 Å². The van der Waals surface area contributed by atoms with E-state index in [9.17, 15) is 0 Å². The maximum atomic E-state index is 8.56. The molecular weight excluding hydrogens is 228 g/mol. The van der Waals surface area contributed by atoms with Gasteiger partial charge in [0, 0.05) is 5.69 Å². The summed E-state index contributed by atoms with van der Waals surface area (Å²) in [6, 6.07) is 3.52. The molecule has 16 heavy (non-hydrogen) atoms. The molecule has 0 fully saturated rings. The van der Waals surface area contributed by atoms with Gasteiger partial charge in [-0.3, -0.25) is 0 Å². The van der Waals surface area contributed by atoms with Crippen molar-refractivity contribution in [3.05, 3.63) is 34.9 Å². The van der Waals surface area contributed by atoms with Gasteiger partial charge in [-0.1, -0.05) is 11.6 Å². The number of halogens is 1. The van der Waals surface area contributed by atoms with E-state index in [2.05, 4.69) is 20.1 Å². The minimum Gasteiger partial charge on any atom is -0.244 e. The van der Waals surface area contributed by atoms with Crippen molar-refractivity contribution >= 4 is 11.6 Å². The lowest BCUT2D eigenvalue weighted by Gasteiger charge is -2.01. The Kier molecular flexibility index (Phi) is 2.79. The summed E-state index contributed by atoms with van der Waals surface area (Å²) in [5.74, 6) is 0.665. The molecule has 2 aromatic heterocycles. The van der Waals surface area contributed by atoms with Crippen LogP contribution in [-0.4, -0.2) is 24.7 Å². The number of hydrogen-bond donors (Lipinski definition) is 0. The zero-order chi connectivity index (χ0) is 11.5. The van der Waals surface area contributed by atoms with Gasteiger partial charge in [0.15, 0.2) is 5.82 Å². The van der Waals surface area contributed by atoms with Gasteiger partial charge in [0.1, 0.15) is 24.1 Å². The first-order valence-electron chi connectivity index (χ1n) is 4.47. The van der Waals surface area contributed by atoms with Gasteiger partial charge in [-0.2, -0.15) is 5.26 Å². The molecule has 2 aromatic rings. The molecule has 0 amide bonds. The Bertz CT molecular complexity index is 535. The first-order chi connectivity index (χ1) is 7.67. The second kappa shape index (κ2) is 4.24. The van der Waals surface area contributed by atoms with Crippen molar-refractivity contribution in [3.63, 3.8) is 0 Å². The lowest BCUT2D eigenvalue weighted by atomic mass is 10.4. The van der Waals surface area contributed by atoms with Crippen molar-refractivity contribution in [2.75, 3.05) is 0 Å². The summed E-state index contributed by atoms with van der Waals surface area (Å²) in [7, 11) is 0. The molecule has 0 atom stereocenters. The summed E-state index contributed by atoms with van der Waals surface area (Å²) in [5.41, 5.74) is 0.788. The first-order valence-corrected chi connectivity index (χ1v) is 4.85. The number of nitrogens with zero attached hydrogens (tertiary/aromatic N) is 6. The molecule has 0 radical (unpaired) electrons. The largest absolute Gasteiger partial charge is 0.252 e. The highest BCUT2D eigenvalue weighted by Crippen LogP contribution is 2.07. The minimum atomic E-state index is 0.124. The second-order valence-electron chi connectivity index (χ2n) is 3.13. The Labute approximate surface area is 96.5 Å². The van der Waals surface area contributed by atoms with E-state index in [1.165, 1.54) is 11.0 Å². The average molecular weight is 235 g/mol. The van der Waals surface area contributed by atoms with Crippen LogP contribution in [0, 0.1) is 18.3 Å². The third-order valence-electron chi connectivity index (χ3n) is 1.81. The SMILES string of the molecule is Cc1cc(Cl)nc(Cn2cnc(C#N)n2)n1. The fraction of sp³-hybridized carbons (Fsp3) is 0.222. The van der Waals surface area contributed by atoms with Crippen LogP contribution in [0.4, 0.5) is 0 Å². The van der Waals surface area contributed by atoms with Crippen molar-refractivity contribution < 1.29 is 0 Å². The van der Waals surface area contributed by atoms with E-state index in [-0.39, 0.29) is 5.82 Å². The quantitative estimate of drug-likeness (QED) is 0.723. The van der Waals surface area contributed by atoms with E-state index in [0.29, 0.717) is 17.5 Å². The van der Waals surface area contributed by atoms with Crippen LogP contribution in [0.5, 0.6) is 0 Å². The summed E-state index contributed by atoms with van der Waals surface area (Å²) in [6.07, 6.45) is 1.46. The molecule has 7 heteroatoms. The second-order valence-corrected chi connectivity index (χ2v) is 3.51. The first kappa shape index (κ1) is 10.5. The highest BCUT2D eigenvalue weighted by Gasteiger charge is 2.04. The van der Waals surface area contributed by atoms with Crippen molar-refractivity contribution in [1.29, 1.82) is 5.26 Å². The molecule has 0 spiro atoms. The summed E-state index contributed by atoms with van der Waals surface area (Å²) < 4.78 is 1.49. The van der Waals surface area contributed by atoms with Crippen LogP contribution in [0.1, 0.15) is 17.3 Å². The standard InChI is InChI=1S/C9H7ClN6/c1-6-2-7(10)14-9(13-6)4-16-5-12-8(3-11)15-16/h2,5H,4H2,1H3. The normalized spacial score (nSPS) is 10.1. The van der Waals surface area contributed by atoms with Crippen LogP contribution in [0.2, 0.25) is 5.15 Å². The van der Waals surface area contributed by atoms with Gasteiger partial charge in [0.05, 0.1) is 0 Å². The number of aromatic nitrogens is 5. The summed E-state index contributed by atoms with van der Waals surface area (Å²) in [6.45, 7) is 2.18. The fourth-order valence-corrected chi connectivity index (χ4v) is 1.48. The third kappa shape index (κ3) is 2.32. The number of aryl methyl sites for hydroxylation is 1. The molecule has 0 aliphatic heterocycles. The van der Waals surface area contributed by atoms with Gasteiger partial charge in [-0.15, -0.1) is 5.10 Å². The summed E-state index contributed by atoms with van der Waals surface area (Å²) in [4.78, 5) is 12.0. The van der Waals surface area contributed by atoms with E-state index >= 15 is 0 Å². The molecule has 0 aliphatic carbocycles. The van der Waals surface area contributed by atoms with Crippen LogP contribution >= 0.6 is 11.6 Å². The Morgan fingerprint density at radius 1 is 1.50 bits per heavy atom. The molecule has 0 aliphatic rings. The van der Waals surface area contributed by atoms with Crippen LogP contribution < -0.4 is 0 Å². The highest BCUT2D eigenvalue weighted by atomic mass is 35.5. The van der Waals surface area contributed by atoms with Crippen LogP contribution in [0.25, 0.3) is 0 Å². The predicted molar refractivity (Wildman–Crippen MR) is 55.6 cm³/mol. The molecule has 0 bridgehead atoms. The van der Waals surface area contributed by atoms with E-state index in [0.717, 1.165) is 5.69 Å². The maximum absolute atomic E-state index is 8.56. The number of nitriles is 1. The van der Waals surface area contributed by atoms with Gasteiger partial charge >= 0.3 is 0 Å². The predicted octanol–water partition coefficient (Wildman–Crippen LogP) is 0.950. The van der Waals surface area contributed by atoms with Crippen molar-refractivity contribution in [2.45, 2.75) is 13.5 Å². The zero-order valence-corrected chi connectivity index (χ0v) is 9.18. The van der Waals surface area contributed by atoms with Crippen molar-refractivity contribution in [3.8, 4) is 6.07 Å². The molecule has 0 aromatic carbocycles. The van der Waals surface area contributed by atoms with Gasteiger partial charge in [0.2, 0.25) is 0 Å². The van der Waals surface area contributed by atoms with Crippen molar-refractivity contribution in [2.24, 2.45) is 0 Å². The molecule has 6 nitrogen and oxygen atoms in total. The fourth-order valence-electron chi connectivity index (χ4n) is 1.23. The number of rotatable bonds is 2. The highest BCUT2D eigenvalue weighted by molar-refractivity contribution is 6.29. The van der Waals surface area contributed by atoms with Gasteiger partial charge in [-0.05, 0) is 13.0 Å². The van der Waals surface area contributed by atoms with E-state index < -0.39 is 0 Å². The molecule has 0 saturated carbocycles. The van der Waals surface area contributed by atoms with Crippen LogP contribution in [0.15, 0.2) is 12.4 Å². The molecule has 0 unspecified atom stereocenters. The Hall–Kier alpha value is -2.00. The third-order valence-corrected chi connectivity index (χ3v) is 2.00. The van der Waals surface area contributed by atoms with Gasteiger partial charge < -0.3 is 0 Å². The number of hydrogen-bond acceptors (Lipinski definition) is 5. The molecule has 0 saturated heterocycles. The smallest absolute Gasteiger partial charge is 0.244 e. The van der Waals surface area contributed by atoms with E-state index in [4.69, 9.17) is 16.9 Å². The monoisotopic (exact) mass is 234 g/mol. The topological polar surface area (TPSA) is 80.3 Å². The molecule has 2 rings (SSSR count). The minimum absolute atomic E-state index is 0.124. The van der Waals surface area contributed by atoms with Gasteiger partial charge in [0.25, 0.3) is 5.82 Å². The maximum Gasteiger partial charge on any atom is 0.252 e. The van der Waals surface area contributed by atoms with Gasteiger partial charge in [-0.25, -0.2) is 19.6 Å². The Morgan fingerprint density at radius 3 is 2.94 bits per heavy atom. The average Bonchev–Trinajstić information content (AvgIpc) is 2.64. The Morgan fingerprint density at radius 2 is 2.31 bits per heavy atom. The zero-order valence-electron chi connectivity index (χ0n) is 8.42. The Balaban J connectivity index is 2.23. The molecule has 2 heterocycles. The summed E-state index contributed by atoms with van der Waals surface area (Å²) in [5, 5.41) is 12.9. The van der Waals surface area contributed by atoms with Crippen LogP contribution in [0.3, 0.4) is 0 Å². The molecule has 0 N–H and O–H groups in total. The molecule has 80 valence electrons. The lowest BCUT2D eigenvalue weighted by Crippen LogP contribution is -2.06. The van der Waals surface area contributed by atoms with Crippen molar-refractivity contribution in [1.82, 2.24) is 24.7 Å². The molecular formula is C9H7ClN6. The summed E-state index contributed by atoms with van der Waals surface area (Å²) >= 11 is 5.80. The van der Waals surface area contributed by atoms with E-state index in [1.807, 2.05) is 13.0 Å².